The quantitative estimate of drug-likeness (QED) is 0.898. The van der Waals surface area contributed by atoms with Crippen LogP contribution >= 0.6 is 0 Å². The molecule has 1 N–H and O–H groups in total. The average molecular weight is 358 g/mol. The molecule has 1 aromatic carbocycles. The Morgan fingerprint density at radius 1 is 1.40 bits per heavy atom. The minimum atomic E-state index is -4.59. The van der Waals surface area contributed by atoms with E-state index in [0.717, 1.165) is 18.9 Å². The standard InChI is InChI=1S/C16H17F3N2O4/c1-9-14(20-21-15(22)25-9)10-4-5-13(12(7-10)16(17,18)19)24-8-11-3-2-6-23-11/h4-5,7,9,11H,2-3,6,8H2,1H3,(H,21,22)/t9-,11-/m0/s1. The van der Waals surface area contributed by atoms with Crippen LogP contribution in [-0.4, -0.2) is 37.2 Å². The lowest BCUT2D eigenvalue weighted by Crippen LogP contribution is -2.37. The predicted octanol–water partition coefficient (Wildman–Crippen LogP) is 3.10. The van der Waals surface area contributed by atoms with Crippen LogP contribution in [0.1, 0.15) is 30.9 Å². The molecular formula is C16H17F3N2O4. The summed E-state index contributed by atoms with van der Waals surface area (Å²) < 4.78 is 55.8. The number of nitrogens with zero attached hydrogens (tertiary/aromatic N) is 1. The van der Waals surface area contributed by atoms with Gasteiger partial charge in [-0.1, -0.05) is 0 Å². The van der Waals surface area contributed by atoms with Gasteiger partial charge in [0.15, 0.2) is 0 Å². The molecule has 1 saturated heterocycles. The molecule has 3 rings (SSSR count). The number of rotatable bonds is 4. The van der Waals surface area contributed by atoms with Crippen molar-refractivity contribution in [1.82, 2.24) is 5.43 Å². The van der Waals surface area contributed by atoms with Crippen LogP contribution in [0.4, 0.5) is 18.0 Å². The number of halogens is 3. The van der Waals surface area contributed by atoms with E-state index < -0.39 is 23.9 Å². The molecule has 1 aromatic rings. The summed E-state index contributed by atoms with van der Waals surface area (Å²) in [6.07, 6.45) is -4.64. The number of carbonyl (C=O) groups excluding carboxylic acids is 1. The second-order valence-corrected chi connectivity index (χ2v) is 5.81. The molecule has 1 amide bonds. The van der Waals surface area contributed by atoms with Gasteiger partial charge >= 0.3 is 12.3 Å². The first kappa shape index (κ1) is 17.5. The molecule has 2 atom stereocenters. The van der Waals surface area contributed by atoms with E-state index in [9.17, 15) is 18.0 Å². The van der Waals surface area contributed by atoms with Crippen LogP contribution in [0.25, 0.3) is 0 Å². The van der Waals surface area contributed by atoms with Gasteiger partial charge in [0.25, 0.3) is 0 Å². The molecule has 136 valence electrons. The summed E-state index contributed by atoms with van der Waals surface area (Å²) in [7, 11) is 0. The number of cyclic esters (lactones) is 1. The van der Waals surface area contributed by atoms with Gasteiger partial charge in [-0.15, -0.1) is 0 Å². The number of amides is 1. The van der Waals surface area contributed by atoms with Crippen molar-refractivity contribution < 1.29 is 32.2 Å². The van der Waals surface area contributed by atoms with Gasteiger partial charge < -0.3 is 14.2 Å². The van der Waals surface area contributed by atoms with Crippen LogP contribution in [-0.2, 0) is 15.7 Å². The maximum Gasteiger partial charge on any atom is 0.428 e. The van der Waals surface area contributed by atoms with E-state index in [1.807, 2.05) is 0 Å². The van der Waals surface area contributed by atoms with Crippen LogP contribution in [0.3, 0.4) is 0 Å². The van der Waals surface area contributed by atoms with Crippen LogP contribution in [0.15, 0.2) is 23.3 Å². The molecular weight excluding hydrogens is 341 g/mol. The van der Waals surface area contributed by atoms with Crippen molar-refractivity contribution in [2.24, 2.45) is 5.10 Å². The number of carbonyl (C=O) groups is 1. The molecule has 0 spiro atoms. The maximum atomic E-state index is 13.4. The molecule has 6 nitrogen and oxygen atoms in total. The monoisotopic (exact) mass is 358 g/mol. The Hall–Kier alpha value is -2.29. The maximum absolute atomic E-state index is 13.4. The van der Waals surface area contributed by atoms with Crippen molar-refractivity contribution in [1.29, 1.82) is 0 Å². The predicted molar refractivity (Wildman–Crippen MR) is 81.5 cm³/mol. The summed E-state index contributed by atoms with van der Waals surface area (Å²) in [6.45, 7) is 2.20. The number of nitrogens with one attached hydrogen (secondary N) is 1. The molecule has 0 radical (unpaired) electrons. The number of hydrogen-bond acceptors (Lipinski definition) is 5. The molecule has 0 aromatic heterocycles. The highest BCUT2D eigenvalue weighted by Gasteiger charge is 2.36. The van der Waals surface area contributed by atoms with E-state index in [-0.39, 0.29) is 29.7 Å². The molecule has 2 heterocycles. The molecule has 9 heteroatoms. The van der Waals surface area contributed by atoms with Crippen molar-refractivity contribution in [2.45, 2.75) is 38.1 Å². The van der Waals surface area contributed by atoms with Crippen molar-refractivity contribution in [3.8, 4) is 5.75 Å². The number of alkyl halides is 3. The SMILES string of the molecule is C[C@@H]1OC(=O)NN=C1c1ccc(OC[C@@H]2CCCO2)c(C(F)(F)F)c1. The van der Waals surface area contributed by atoms with E-state index in [1.54, 1.807) is 0 Å². The summed E-state index contributed by atoms with van der Waals surface area (Å²) in [5.74, 6) is -0.263. The van der Waals surface area contributed by atoms with Crippen molar-refractivity contribution >= 4 is 11.8 Å². The topological polar surface area (TPSA) is 69.2 Å². The lowest BCUT2D eigenvalue weighted by atomic mass is 10.0. The van der Waals surface area contributed by atoms with Gasteiger partial charge in [-0.3, -0.25) is 0 Å². The average Bonchev–Trinajstić information content (AvgIpc) is 3.05. The van der Waals surface area contributed by atoms with Crippen molar-refractivity contribution in [3.63, 3.8) is 0 Å². The summed E-state index contributed by atoms with van der Waals surface area (Å²) in [4.78, 5) is 11.1. The van der Waals surface area contributed by atoms with Gasteiger partial charge in [-0.2, -0.15) is 18.3 Å². The number of hydrazone groups is 1. The van der Waals surface area contributed by atoms with Crippen LogP contribution in [0.5, 0.6) is 5.75 Å². The third-order valence-electron chi connectivity index (χ3n) is 3.97. The second-order valence-electron chi connectivity index (χ2n) is 5.81. The normalized spacial score (nSPS) is 23.7. The molecule has 2 aliphatic heterocycles. The molecule has 0 bridgehead atoms. The summed E-state index contributed by atoms with van der Waals surface area (Å²) in [5, 5.41) is 3.79. The minimum absolute atomic E-state index is 0.0684. The van der Waals surface area contributed by atoms with Crippen LogP contribution in [0, 0.1) is 0 Å². The van der Waals surface area contributed by atoms with Crippen LogP contribution < -0.4 is 10.2 Å². The van der Waals surface area contributed by atoms with E-state index in [4.69, 9.17) is 14.2 Å². The molecule has 0 aliphatic carbocycles. The largest absolute Gasteiger partial charge is 0.490 e. The zero-order chi connectivity index (χ0) is 18.0. The zero-order valence-electron chi connectivity index (χ0n) is 13.4. The number of benzene rings is 1. The number of ether oxygens (including phenoxy) is 3. The zero-order valence-corrected chi connectivity index (χ0v) is 13.4. The summed E-state index contributed by atoms with van der Waals surface area (Å²) in [5.41, 5.74) is 1.59. The van der Waals surface area contributed by atoms with Gasteiger partial charge in [0.05, 0.1) is 11.7 Å². The minimum Gasteiger partial charge on any atom is -0.490 e. The molecule has 0 saturated carbocycles. The smallest absolute Gasteiger partial charge is 0.428 e. The Labute approximate surface area is 141 Å². The lowest BCUT2D eigenvalue weighted by molar-refractivity contribution is -0.139. The van der Waals surface area contributed by atoms with Gasteiger partial charge in [0.2, 0.25) is 0 Å². The fraction of sp³-hybridized carbons (Fsp3) is 0.500. The van der Waals surface area contributed by atoms with E-state index in [2.05, 4.69) is 10.5 Å². The van der Waals surface area contributed by atoms with E-state index >= 15 is 0 Å². The molecule has 0 unspecified atom stereocenters. The van der Waals surface area contributed by atoms with E-state index in [0.29, 0.717) is 6.61 Å². The highest BCUT2D eigenvalue weighted by atomic mass is 19.4. The molecule has 25 heavy (non-hydrogen) atoms. The molecule has 1 fully saturated rings. The third-order valence-corrected chi connectivity index (χ3v) is 3.97. The highest BCUT2D eigenvalue weighted by molar-refractivity contribution is 6.06. The van der Waals surface area contributed by atoms with E-state index in [1.165, 1.54) is 19.1 Å². The Balaban J connectivity index is 1.86. The fourth-order valence-electron chi connectivity index (χ4n) is 2.73. The van der Waals surface area contributed by atoms with Gasteiger partial charge in [0, 0.05) is 12.2 Å². The van der Waals surface area contributed by atoms with Gasteiger partial charge in [0.1, 0.15) is 24.2 Å². The van der Waals surface area contributed by atoms with Crippen LogP contribution in [0.2, 0.25) is 0 Å². The Morgan fingerprint density at radius 2 is 2.20 bits per heavy atom. The van der Waals surface area contributed by atoms with Crippen molar-refractivity contribution in [2.75, 3.05) is 13.2 Å². The first-order chi connectivity index (χ1) is 11.8. The summed E-state index contributed by atoms with van der Waals surface area (Å²) >= 11 is 0. The Morgan fingerprint density at radius 3 is 2.84 bits per heavy atom. The van der Waals surface area contributed by atoms with Gasteiger partial charge in [-0.05, 0) is 38.0 Å². The van der Waals surface area contributed by atoms with Gasteiger partial charge in [-0.25, -0.2) is 10.2 Å². The molecule has 2 aliphatic rings. The third kappa shape index (κ3) is 4.04. The Kier molecular flexibility index (Phi) is 4.85. The summed E-state index contributed by atoms with van der Waals surface area (Å²) in [6, 6.07) is 3.65. The second kappa shape index (κ2) is 6.91. The number of hydrogen-bond donors (Lipinski definition) is 1. The van der Waals surface area contributed by atoms with Crippen molar-refractivity contribution in [3.05, 3.63) is 29.3 Å². The fourth-order valence-corrected chi connectivity index (χ4v) is 2.73. The first-order valence-electron chi connectivity index (χ1n) is 7.85. The highest BCUT2D eigenvalue weighted by Crippen LogP contribution is 2.37. The first-order valence-corrected chi connectivity index (χ1v) is 7.85. The lowest BCUT2D eigenvalue weighted by Gasteiger charge is -2.22. The Bertz CT molecular complexity index is 684.